The number of hydrogen-bond donors (Lipinski definition) is 4. The van der Waals surface area contributed by atoms with Gasteiger partial charge in [-0.25, -0.2) is 0 Å². The first-order valence-electron chi connectivity index (χ1n) is 7.58. The normalized spacial score (nSPS) is 16.5. The molecule has 8 heteroatoms. The summed E-state index contributed by atoms with van der Waals surface area (Å²) in [7, 11) is 0. The van der Waals surface area contributed by atoms with Crippen molar-refractivity contribution in [2.24, 2.45) is 22.0 Å². The fraction of sp³-hybridized carbons (Fsp3) is 0.250. The van der Waals surface area contributed by atoms with Crippen LogP contribution in [-0.2, 0) is 0 Å². The van der Waals surface area contributed by atoms with Gasteiger partial charge in [0.2, 0.25) is 0 Å². The molecule has 0 aromatic heterocycles. The molecule has 0 aliphatic heterocycles. The standard InChI is InChI=1S/C16H20N6S2/c23-15(21-19-11-13-5-1-2-6-13)17-9-10-18-16(24)22-20-12-14-7-3-4-8-14/h1-8,11-14H,9-10H2,(H2,17,21,23)(H2,18,22,24)/b19-11+,20-12+. The Hall–Kier alpha value is -2.32. The lowest BCUT2D eigenvalue weighted by Gasteiger charge is -2.09. The molecule has 0 saturated heterocycles. The zero-order chi connectivity index (χ0) is 17.0. The predicted octanol–water partition coefficient (Wildman–Crippen LogP) is 1.37. The predicted molar refractivity (Wildman–Crippen MR) is 108 cm³/mol. The van der Waals surface area contributed by atoms with Gasteiger partial charge in [0.15, 0.2) is 10.2 Å². The molecule has 0 aromatic carbocycles. The zero-order valence-corrected chi connectivity index (χ0v) is 14.7. The second kappa shape index (κ2) is 10.5. The number of nitrogens with zero attached hydrogens (tertiary/aromatic N) is 2. The molecule has 0 spiro atoms. The fourth-order valence-corrected chi connectivity index (χ4v) is 2.20. The van der Waals surface area contributed by atoms with Crippen LogP contribution >= 0.6 is 24.4 Å². The first-order valence-corrected chi connectivity index (χ1v) is 8.40. The third-order valence-corrected chi connectivity index (χ3v) is 3.55. The van der Waals surface area contributed by atoms with Crippen molar-refractivity contribution in [2.45, 2.75) is 0 Å². The maximum atomic E-state index is 5.12. The Morgan fingerprint density at radius 1 is 0.750 bits per heavy atom. The van der Waals surface area contributed by atoms with Crippen LogP contribution in [0.3, 0.4) is 0 Å². The summed E-state index contributed by atoms with van der Waals surface area (Å²) >= 11 is 10.2. The Labute approximate surface area is 152 Å². The molecular formula is C16H20N6S2. The van der Waals surface area contributed by atoms with Gasteiger partial charge >= 0.3 is 0 Å². The first kappa shape index (κ1) is 18.0. The summed E-state index contributed by atoms with van der Waals surface area (Å²) in [4.78, 5) is 0. The van der Waals surface area contributed by atoms with E-state index in [1.54, 1.807) is 12.4 Å². The van der Waals surface area contributed by atoms with Crippen LogP contribution in [0.25, 0.3) is 0 Å². The number of rotatable bonds is 7. The maximum absolute atomic E-state index is 5.12. The lowest BCUT2D eigenvalue weighted by atomic mass is 10.2. The average Bonchev–Trinajstić information content (AvgIpc) is 3.25. The molecule has 0 fully saturated rings. The van der Waals surface area contributed by atoms with Crippen molar-refractivity contribution in [3.8, 4) is 0 Å². The minimum Gasteiger partial charge on any atom is -0.360 e. The Morgan fingerprint density at radius 3 is 1.50 bits per heavy atom. The van der Waals surface area contributed by atoms with Crippen molar-refractivity contribution in [2.75, 3.05) is 13.1 Å². The highest BCUT2D eigenvalue weighted by Crippen LogP contribution is 2.05. The molecule has 24 heavy (non-hydrogen) atoms. The second-order valence-electron chi connectivity index (χ2n) is 4.99. The van der Waals surface area contributed by atoms with Gasteiger partial charge in [-0.1, -0.05) is 48.6 Å². The van der Waals surface area contributed by atoms with Gasteiger partial charge in [0.05, 0.1) is 0 Å². The molecule has 0 heterocycles. The molecule has 2 aliphatic carbocycles. The van der Waals surface area contributed by atoms with Crippen LogP contribution < -0.4 is 21.5 Å². The number of allylic oxidation sites excluding steroid dienone is 8. The van der Waals surface area contributed by atoms with Gasteiger partial charge in [0.25, 0.3) is 0 Å². The highest BCUT2D eigenvalue weighted by Gasteiger charge is 2.00. The summed E-state index contributed by atoms with van der Waals surface area (Å²) < 4.78 is 0. The second-order valence-corrected chi connectivity index (χ2v) is 5.80. The molecule has 0 amide bonds. The van der Waals surface area contributed by atoms with E-state index in [1.165, 1.54) is 0 Å². The van der Waals surface area contributed by atoms with E-state index in [0.29, 0.717) is 23.3 Å². The van der Waals surface area contributed by atoms with Gasteiger partial charge in [-0.15, -0.1) is 0 Å². The largest absolute Gasteiger partial charge is 0.360 e. The highest BCUT2D eigenvalue weighted by atomic mass is 32.1. The number of thiocarbonyl (C=S) groups is 2. The minimum atomic E-state index is 0.237. The molecule has 0 radical (unpaired) electrons. The van der Waals surface area contributed by atoms with Crippen LogP contribution in [0.4, 0.5) is 0 Å². The molecular weight excluding hydrogens is 340 g/mol. The van der Waals surface area contributed by atoms with Crippen LogP contribution in [0.1, 0.15) is 0 Å². The summed E-state index contributed by atoms with van der Waals surface area (Å²) in [5, 5.41) is 15.1. The summed E-state index contributed by atoms with van der Waals surface area (Å²) in [6.45, 7) is 1.23. The molecule has 2 rings (SSSR count). The highest BCUT2D eigenvalue weighted by molar-refractivity contribution is 7.80. The van der Waals surface area contributed by atoms with E-state index in [1.807, 2.05) is 48.6 Å². The van der Waals surface area contributed by atoms with Gasteiger partial charge in [0.1, 0.15) is 0 Å². The van der Waals surface area contributed by atoms with Gasteiger partial charge < -0.3 is 10.6 Å². The zero-order valence-electron chi connectivity index (χ0n) is 13.1. The van der Waals surface area contributed by atoms with Crippen molar-refractivity contribution in [3.05, 3.63) is 48.6 Å². The van der Waals surface area contributed by atoms with E-state index < -0.39 is 0 Å². The van der Waals surface area contributed by atoms with Crippen molar-refractivity contribution in [1.29, 1.82) is 0 Å². The lowest BCUT2D eigenvalue weighted by Crippen LogP contribution is -2.40. The van der Waals surface area contributed by atoms with Crippen molar-refractivity contribution in [1.82, 2.24) is 21.5 Å². The first-order chi connectivity index (χ1) is 11.7. The summed E-state index contributed by atoms with van der Waals surface area (Å²) in [5.41, 5.74) is 5.55. The van der Waals surface area contributed by atoms with E-state index in [4.69, 9.17) is 24.4 Å². The molecule has 0 saturated carbocycles. The number of nitrogens with one attached hydrogen (secondary N) is 4. The van der Waals surface area contributed by atoms with Crippen LogP contribution in [0, 0.1) is 11.8 Å². The lowest BCUT2D eigenvalue weighted by molar-refractivity contribution is 0.782. The van der Waals surface area contributed by atoms with E-state index in [0.717, 1.165) is 0 Å². The van der Waals surface area contributed by atoms with Crippen LogP contribution in [0.15, 0.2) is 58.8 Å². The number of hydrazone groups is 2. The third-order valence-electron chi connectivity index (χ3n) is 3.08. The molecule has 4 N–H and O–H groups in total. The Morgan fingerprint density at radius 2 is 1.12 bits per heavy atom. The molecule has 0 atom stereocenters. The van der Waals surface area contributed by atoms with Crippen molar-refractivity contribution >= 4 is 47.1 Å². The van der Waals surface area contributed by atoms with Crippen LogP contribution in [-0.4, -0.2) is 35.7 Å². The maximum Gasteiger partial charge on any atom is 0.187 e. The molecule has 0 aromatic rings. The quantitative estimate of drug-likeness (QED) is 0.238. The Bertz CT molecular complexity index is 540. The smallest absolute Gasteiger partial charge is 0.187 e. The van der Waals surface area contributed by atoms with Crippen LogP contribution in [0.5, 0.6) is 0 Å². The van der Waals surface area contributed by atoms with Gasteiger partial charge in [-0.3, -0.25) is 10.9 Å². The molecule has 6 nitrogen and oxygen atoms in total. The topological polar surface area (TPSA) is 72.8 Å². The summed E-state index contributed by atoms with van der Waals surface area (Å²) in [5.74, 6) is 0.474. The average molecular weight is 361 g/mol. The summed E-state index contributed by atoms with van der Waals surface area (Å²) in [6.07, 6.45) is 19.7. The monoisotopic (exact) mass is 360 g/mol. The van der Waals surface area contributed by atoms with E-state index in [2.05, 4.69) is 31.7 Å². The van der Waals surface area contributed by atoms with Gasteiger partial charge in [-0.05, 0) is 24.4 Å². The summed E-state index contributed by atoms with van der Waals surface area (Å²) in [6, 6.07) is 0. The molecule has 126 valence electrons. The third kappa shape index (κ3) is 7.30. The van der Waals surface area contributed by atoms with E-state index in [9.17, 15) is 0 Å². The Kier molecular flexibility index (Phi) is 7.85. The van der Waals surface area contributed by atoms with Gasteiger partial charge in [-0.2, -0.15) is 10.2 Å². The van der Waals surface area contributed by atoms with Crippen molar-refractivity contribution < 1.29 is 0 Å². The van der Waals surface area contributed by atoms with E-state index >= 15 is 0 Å². The van der Waals surface area contributed by atoms with Gasteiger partial charge in [0, 0.05) is 37.4 Å². The molecule has 2 aliphatic rings. The SMILES string of the molecule is S=C(NCCNC(=S)N/N=C/C1C=CC=C1)N/N=C/C1C=CC=C1. The molecule has 0 bridgehead atoms. The number of hydrogen-bond acceptors (Lipinski definition) is 4. The van der Waals surface area contributed by atoms with E-state index in [-0.39, 0.29) is 11.8 Å². The van der Waals surface area contributed by atoms with Crippen LogP contribution in [0.2, 0.25) is 0 Å². The molecule has 0 unspecified atom stereocenters. The fourth-order valence-electron chi connectivity index (χ4n) is 1.89. The van der Waals surface area contributed by atoms with Crippen molar-refractivity contribution in [3.63, 3.8) is 0 Å². The Balaban J connectivity index is 1.49. The minimum absolute atomic E-state index is 0.237.